The van der Waals surface area contributed by atoms with Crippen LogP contribution in [0.1, 0.15) is 69.5 Å². The summed E-state index contributed by atoms with van der Waals surface area (Å²) in [5.74, 6) is -0.259. The summed E-state index contributed by atoms with van der Waals surface area (Å²) in [4.78, 5) is 25.7. The lowest BCUT2D eigenvalue weighted by atomic mass is 10.0. The first kappa shape index (κ1) is 25.4. The van der Waals surface area contributed by atoms with E-state index >= 15 is 0 Å². The number of phenols is 1. The van der Waals surface area contributed by atoms with E-state index in [1.54, 1.807) is 24.3 Å². The molecule has 0 radical (unpaired) electrons. The van der Waals surface area contributed by atoms with Crippen molar-refractivity contribution in [3.8, 4) is 17.0 Å². The number of carbonyl (C=O) groups excluding carboxylic acids is 2. The summed E-state index contributed by atoms with van der Waals surface area (Å²) in [5.41, 5.74) is 3.05. The Morgan fingerprint density at radius 1 is 1.08 bits per heavy atom. The van der Waals surface area contributed by atoms with Gasteiger partial charge in [-0.05, 0) is 67.6 Å². The second kappa shape index (κ2) is 11.4. The Morgan fingerprint density at radius 2 is 1.78 bits per heavy atom. The SMILES string of the molecule is CCC(CC)C(=O)Nc1ccc(O)c(-c2cc(C3CCCC3)n(C(=O)NCc3ccc(F)cc3)n2)c1. The number of aromatic hydroxyl groups is 1. The fourth-order valence-corrected chi connectivity index (χ4v) is 4.78. The molecule has 1 aromatic heterocycles. The van der Waals surface area contributed by atoms with Crippen molar-refractivity contribution < 1.29 is 19.1 Å². The van der Waals surface area contributed by atoms with Crippen molar-refractivity contribution in [2.45, 2.75) is 64.8 Å². The van der Waals surface area contributed by atoms with Crippen molar-refractivity contribution in [3.63, 3.8) is 0 Å². The van der Waals surface area contributed by atoms with E-state index in [0.717, 1.165) is 49.8 Å². The number of carbonyl (C=O) groups is 2. The molecule has 8 heteroatoms. The van der Waals surface area contributed by atoms with Gasteiger partial charge in [-0.2, -0.15) is 9.78 Å². The number of halogens is 1. The molecule has 36 heavy (non-hydrogen) atoms. The molecule has 0 spiro atoms. The average Bonchev–Trinajstić information content (AvgIpc) is 3.56. The van der Waals surface area contributed by atoms with E-state index < -0.39 is 0 Å². The molecule has 1 aliphatic carbocycles. The molecule has 1 heterocycles. The van der Waals surface area contributed by atoms with Gasteiger partial charge in [-0.1, -0.05) is 38.8 Å². The molecule has 190 valence electrons. The van der Waals surface area contributed by atoms with Gasteiger partial charge in [0.2, 0.25) is 5.91 Å². The summed E-state index contributed by atoms with van der Waals surface area (Å²) in [6, 6.07) is 12.3. The van der Waals surface area contributed by atoms with E-state index in [1.165, 1.54) is 22.9 Å². The molecule has 0 atom stereocenters. The highest BCUT2D eigenvalue weighted by atomic mass is 19.1. The first-order valence-corrected chi connectivity index (χ1v) is 12.7. The lowest BCUT2D eigenvalue weighted by Gasteiger charge is -2.13. The number of phenolic OH excluding ortho intramolecular Hbond substituents is 1. The van der Waals surface area contributed by atoms with Crippen LogP contribution in [-0.4, -0.2) is 26.8 Å². The molecular formula is C28H33FN4O3. The third-order valence-electron chi connectivity index (χ3n) is 6.96. The van der Waals surface area contributed by atoms with Crippen molar-refractivity contribution >= 4 is 17.6 Å². The van der Waals surface area contributed by atoms with Gasteiger partial charge in [-0.15, -0.1) is 0 Å². The molecule has 1 fully saturated rings. The average molecular weight is 493 g/mol. The third kappa shape index (κ3) is 5.75. The molecule has 3 N–H and O–H groups in total. The highest BCUT2D eigenvalue weighted by Gasteiger charge is 2.26. The van der Waals surface area contributed by atoms with Gasteiger partial charge in [-0.3, -0.25) is 4.79 Å². The number of rotatable bonds is 8. The second-order valence-corrected chi connectivity index (χ2v) is 9.37. The minimum atomic E-state index is -0.384. The maximum atomic E-state index is 13.2. The predicted octanol–water partition coefficient (Wildman–Crippen LogP) is 6.19. The molecule has 3 aromatic rings. The quantitative estimate of drug-likeness (QED) is 0.327. The topological polar surface area (TPSA) is 96.2 Å². The molecular weight excluding hydrogens is 459 g/mol. The van der Waals surface area contributed by atoms with Gasteiger partial charge < -0.3 is 15.7 Å². The van der Waals surface area contributed by atoms with Crippen LogP contribution in [0.25, 0.3) is 11.3 Å². The molecule has 0 saturated heterocycles. The van der Waals surface area contributed by atoms with Crippen molar-refractivity contribution in [2.75, 3.05) is 5.32 Å². The molecule has 4 rings (SSSR count). The van der Waals surface area contributed by atoms with Crippen LogP contribution in [0.2, 0.25) is 0 Å². The van der Waals surface area contributed by atoms with Crippen LogP contribution in [0, 0.1) is 11.7 Å². The number of benzene rings is 2. The number of amides is 2. The Kier molecular flexibility index (Phi) is 8.03. The van der Waals surface area contributed by atoms with Crippen LogP contribution >= 0.6 is 0 Å². The number of nitrogens with one attached hydrogen (secondary N) is 2. The summed E-state index contributed by atoms with van der Waals surface area (Å²) in [6.45, 7) is 4.20. The van der Waals surface area contributed by atoms with E-state index in [9.17, 15) is 19.1 Å². The minimum absolute atomic E-state index is 0.0184. The number of aromatic nitrogens is 2. The van der Waals surface area contributed by atoms with Crippen molar-refractivity contribution in [2.24, 2.45) is 5.92 Å². The number of nitrogens with zero attached hydrogens (tertiary/aromatic N) is 2. The van der Waals surface area contributed by atoms with E-state index in [1.807, 2.05) is 19.9 Å². The van der Waals surface area contributed by atoms with Crippen LogP contribution < -0.4 is 10.6 Å². The number of anilines is 1. The van der Waals surface area contributed by atoms with Crippen molar-refractivity contribution in [3.05, 3.63) is 65.6 Å². The van der Waals surface area contributed by atoms with Crippen LogP contribution in [-0.2, 0) is 11.3 Å². The van der Waals surface area contributed by atoms with Gasteiger partial charge in [0.25, 0.3) is 0 Å². The molecule has 1 saturated carbocycles. The molecule has 2 amide bonds. The van der Waals surface area contributed by atoms with Gasteiger partial charge in [-0.25, -0.2) is 9.18 Å². The first-order valence-electron chi connectivity index (χ1n) is 12.7. The van der Waals surface area contributed by atoms with Crippen LogP contribution in [0.15, 0.2) is 48.5 Å². The van der Waals surface area contributed by atoms with E-state index in [0.29, 0.717) is 16.9 Å². The normalized spacial score (nSPS) is 13.8. The first-order chi connectivity index (χ1) is 17.4. The zero-order chi connectivity index (χ0) is 25.7. The zero-order valence-electron chi connectivity index (χ0n) is 20.8. The minimum Gasteiger partial charge on any atom is -0.507 e. The van der Waals surface area contributed by atoms with Gasteiger partial charge >= 0.3 is 6.03 Å². The van der Waals surface area contributed by atoms with E-state index in [2.05, 4.69) is 15.7 Å². The zero-order valence-corrected chi connectivity index (χ0v) is 20.8. The molecule has 0 aliphatic heterocycles. The summed E-state index contributed by atoms with van der Waals surface area (Å²) in [7, 11) is 0. The molecule has 2 aromatic carbocycles. The summed E-state index contributed by atoms with van der Waals surface area (Å²) in [6.07, 6.45) is 5.60. The standard InChI is InChI=1S/C28H33FN4O3/c1-3-19(4-2)27(35)31-22-13-14-26(34)23(15-22)24-16-25(20-7-5-6-8-20)33(32-24)28(36)30-17-18-9-11-21(29)12-10-18/h9-16,19-20,34H,3-8,17H2,1-2H3,(H,30,36)(H,31,35). The summed E-state index contributed by atoms with van der Waals surface area (Å²) >= 11 is 0. The van der Waals surface area contributed by atoms with Gasteiger partial charge in [0.05, 0.1) is 11.4 Å². The van der Waals surface area contributed by atoms with Gasteiger partial charge in [0.1, 0.15) is 11.6 Å². The molecule has 0 bridgehead atoms. The fourth-order valence-electron chi connectivity index (χ4n) is 4.78. The van der Waals surface area contributed by atoms with Gasteiger partial charge in [0, 0.05) is 29.6 Å². The fraction of sp³-hybridized carbons (Fsp3) is 0.393. The molecule has 0 unspecified atom stereocenters. The van der Waals surface area contributed by atoms with Gasteiger partial charge in [0.15, 0.2) is 0 Å². The Hall–Kier alpha value is -3.68. The van der Waals surface area contributed by atoms with Crippen molar-refractivity contribution in [1.29, 1.82) is 0 Å². The Balaban J connectivity index is 1.61. The lowest BCUT2D eigenvalue weighted by molar-refractivity contribution is -0.120. The predicted molar refractivity (Wildman–Crippen MR) is 137 cm³/mol. The highest BCUT2D eigenvalue weighted by molar-refractivity contribution is 5.93. The molecule has 7 nitrogen and oxygen atoms in total. The number of hydrogen-bond donors (Lipinski definition) is 3. The summed E-state index contributed by atoms with van der Waals surface area (Å²) in [5, 5.41) is 21.0. The Bertz CT molecular complexity index is 1210. The monoisotopic (exact) mass is 492 g/mol. The third-order valence-corrected chi connectivity index (χ3v) is 6.96. The summed E-state index contributed by atoms with van der Waals surface area (Å²) < 4.78 is 14.6. The van der Waals surface area contributed by atoms with E-state index in [4.69, 9.17) is 0 Å². The Labute approximate surface area is 210 Å². The van der Waals surface area contributed by atoms with Crippen LogP contribution in [0.3, 0.4) is 0 Å². The van der Waals surface area contributed by atoms with Crippen molar-refractivity contribution in [1.82, 2.24) is 15.1 Å². The lowest BCUT2D eigenvalue weighted by Crippen LogP contribution is -2.30. The Morgan fingerprint density at radius 3 is 2.44 bits per heavy atom. The van der Waals surface area contributed by atoms with Crippen LogP contribution in [0.5, 0.6) is 5.75 Å². The smallest absolute Gasteiger partial charge is 0.342 e. The largest absolute Gasteiger partial charge is 0.507 e. The molecule has 1 aliphatic rings. The number of hydrogen-bond acceptors (Lipinski definition) is 4. The van der Waals surface area contributed by atoms with E-state index in [-0.39, 0.29) is 41.9 Å². The maximum Gasteiger partial charge on any atom is 0.342 e. The second-order valence-electron chi connectivity index (χ2n) is 9.37. The highest BCUT2D eigenvalue weighted by Crippen LogP contribution is 2.38. The maximum absolute atomic E-state index is 13.2. The van der Waals surface area contributed by atoms with Crippen LogP contribution in [0.4, 0.5) is 14.9 Å².